The Balaban J connectivity index is 1.16. The summed E-state index contributed by atoms with van der Waals surface area (Å²) >= 11 is 0. The average molecular weight is 1040 g/mol. The predicted molar refractivity (Wildman–Crippen MR) is 275 cm³/mol. The van der Waals surface area contributed by atoms with E-state index in [1.54, 1.807) is 103 Å². The third-order valence-electron chi connectivity index (χ3n) is 12.6. The Labute approximate surface area is 443 Å². The van der Waals surface area contributed by atoms with Gasteiger partial charge in [0.1, 0.15) is 31.0 Å². The van der Waals surface area contributed by atoms with E-state index in [0.717, 1.165) is 5.56 Å². The Morgan fingerprint density at radius 1 is 0.364 bits per heavy atom. The molecule has 16 heteroatoms. The van der Waals surface area contributed by atoms with Gasteiger partial charge in [0.05, 0.1) is 47.6 Å². The third-order valence-corrected chi connectivity index (χ3v) is 12.6. The Morgan fingerprint density at radius 2 is 0.727 bits per heavy atom. The highest BCUT2D eigenvalue weighted by molar-refractivity contribution is 5.92. The SMILES string of the molecule is O=C(OC[C@H]1O[C@@H](O[C@H]2[C@H](OCc3ccccc3)[C@@H](OC(=O)c3ccccc3)[C@H](O)O[C@@H]2COCc2ccccc2)[C@H](OC(=O)c2ccccc2)[C@@H](OC(=O)c2ccccc2)[C@H]1OC(=O)c1ccccc1)c1ccccc1. The van der Waals surface area contributed by atoms with Crippen LogP contribution in [-0.4, -0.2) is 110 Å². The molecule has 0 aromatic heterocycles. The minimum absolute atomic E-state index is 0.0735. The second kappa shape index (κ2) is 26.4. The van der Waals surface area contributed by atoms with Crippen LogP contribution in [0.4, 0.5) is 0 Å². The van der Waals surface area contributed by atoms with Crippen LogP contribution in [-0.2, 0) is 60.6 Å². The van der Waals surface area contributed by atoms with Gasteiger partial charge < -0.3 is 52.5 Å². The number of aliphatic hydroxyl groups is 1. The molecule has 394 valence electrons. The van der Waals surface area contributed by atoms with Gasteiger partial charge in [-0.1, -0.05) is 152 Å². The number of rotatable bonds is 20. The van der Waals surface area contributed by atoms with Crippen molar-refractivity contribution in [2.75, 3.05) is 13.2 Å². The number of carbonyl (C=O) groups is 5. The molecule has 0 aliphatic carbocycles. The minimum Gasteiger partial charge on any atom is -0.459 e. The zero-order valence-electron chi connectivity index (χ0n) is 41.4. The Kier molecular flexibility index (Phi) is 18.3. The van der Waals surface area contributed by atoms with Crippen LogP contribution < -0.4 is 0 Å². The van der Waals surface area contributed by atoms with Crippen molar-refractivity contribution in [2.45, 2.75) is 74.6 Å². The van der Waals surface area contributed by atoms with Gasteiger partial charge in [-0.3, -0.25) is 0 Å². The summed E-state index contributed by atoms with van der Waals surface area (Å²) in [5.41, 5.74) is 2.09. The van der Waals surface area contributed by atoms with Gasteiger partial charge in [-0.25, -0.2) is 24.0 Å². The number of aliphatic hydroxyl groups excluding tert-OH is 1. The van der Waals surface area contributed by atoms with Crippen LogP contribution in [0.1, 0.15) is 62.9 Å². The maximum Gasteiger partial charge on any atom is 0.338 e. The molecule has 7 aromatic carbocycles. The number of carbonyl (C=O) groups excluding carboxylic acids is 5. The van der Waals surface area contributed by atoms with Gasteiger partial charge in [-0.15, -0.1) is 0 Å². The van der Waals surface area contributed by atoms with Crippen LogP contribution >= 0.6 is 0 Å². The van der Waals surface area contributed by atoms with E-state index >= 15 is 0 Å². The first-order valence-electron chi connectivity index (χ1n) is 24.9. The molecule has 16 nitrogen and oxygen atoms in total. The van der Waals surface area contributed by atoms with E-state index in [-0.39, 0.29) is 47.6 Å². The molecule has 7 aromatic rings. The molecule has 9 rings (SSSR count). The lowest BCUT2D eigenvalue weighted by atomic mass is 9.95. The molecule has 0 radical (unpaired) electrons. The lowest BCUT2D eigenvalue weighted by Crippen LogP contribution is -2.67. The number of benzene rings is 7. The fraction of sp³-hybridized carbons (Fsp3) is 0.230. The van der Waals surface area contributed by atoms with E-state index in [1.165, 1.54) is 48.5 Å². The van der Waals surface area contributed by atoms with E-state index in [0.29, 0.717) is 5.56 Å². The molecule has 2 saturated heterocycles. The topological polar surface area (TPSA) is 198 Å². The lowest BCUT2D eigenvalue weighted by Gasteiger charge is -2.48. The molecular weight excluding hydrogens is 989 g/mol. The number of esters is 5. The van der Waals surface area contributed by atoms with Gasteiger partial charge in [0.25, 0.3) is 0 Å². The molecule has 0 amide bonds. The maximum absolute atomic E-state index is 14.5. The summed E-state index contributed by atoms with van der Waals surface area (Å²) < 4.78 is 63.8. The normalized spacial score (nSPS) is 22.9. The van der Waals surface area contributed by atoms with E-state index in [4.69, 9.17) is 47.4 Å². The van der Waals surface area contributed by atoms with Crippen molar-refractivity contribution in [1.82, 2.24) is 0 Å². The highest BCUT2D eigenvalue weighted by Gasteiger charge is 2.57. The molecule has 0 saturated carbocycles. The number of ether oxygens (including phenoxy) is 10. The van der Waals surface area contributed by atoms with E-state index in [1.807, 2.05) is 60.7 Å². The van der Waals surface area contributed by atoms with Crippen LogP contribution in [0.3, 0.4) is 0 Å². The monoisotopic (exact) mass is 1040 g/mol. The molecule has 2 aliphatic rings. The summed E-state index contributed by atoms with van der Waals surface area (Å²) in [6.45, 7) is -0.943. The highest BCUT2D eigenvalue weighted by Crippen LogP contribution is 2.36. The summed E-state index contributed by atoms with van der Waals surface area (Å²) in [6.07, 6.45) is -16.3. The van der Waals surface area contributed by atoms with Crippen molar-refractivity contribution in [1.29, 1.82) is 0 Å². The van der Waals surface area contributed by atoms with Crippen molar-refractivity contribution < 1.29 is 76.4 Å². The summed E-state index contributed by atoms with van der Waals surface area (Å²) in [5.74, 6) is -4.36. The molecule has 0 unspecified atom stereocenters. The third kappa shape index (κ3) is 14.1. The van der Waals surface area contributed by atoms with Crippen LogP contribution in [0.25, 0.3) is 0 Å². The molecule has 0 spiro atoms. The smallest absolute Gasteiger partial charge is 0.338 e. The van der Waals surface area contributed by atoms with E-state index in [2.05, 4.69) is 0 Å². The standard InChI is InChI=1S/C61H54O16/c62-55(42-26-12-3-13-27-42)70-39-48-50(73-56(63)43-28-14-4-15-29-43)52(74-57(64)44-30-16-5-17-31-44)54(76-59(66)46-34-20-7-21-35-46)61(72-48)77-49-47(38-68-36-40-22-8-1-9-23-40)71-60(67)53(75-58(65)45-32-18-6-19-33-45)51(49)69-37-41-24-10-2-11-25-41/h1-35,47-54,60-61,67H,36-39H2/t47-,48-,49-,50+,51+,52+,53-,54-,60-,61+/m1/s1. The lowest BCUT2D eigenvalue weighted by molar-refractivity contribution is -0.358. The number of hydrogen-bond acceptors (Lipinski definition) is 16. The summed E-state index contributed by atoms with van der Waals surface area (Å²) in [5, 5.41) is 11.9. The minimum atomic E-state index is -1.86. The van der Waals surface area contributed by atoms with Crippen molar-refractivity contribution in [3.05, 3.63) is 251 Å². The second-order valence-electron chi connectivity index (χ2n) is 17.9. The predicted octanol–water partition coefficient (Wildman–Crippen LogP) is 8.38. The van der Waals surface area contributed by atoms with Crippen LogP contribution in [0.5, 0.6) is 0 Å². The number of hydrogen-bond donors (Lipinski definition) is 1. The fourth-order valence-corrected chi connectivity index (χ4v) is 8.70. The molecule has 0 bridgehead atoms. The molecular formula is C61H54O16. The van der Waals surface area contributed by atoms with Crippen molar-refractivity contribution in [3.8, 4) is 0 Å². The molecule has 2 heterocycles. The van der Waals surface area contributed by atoms with Gasteiger partial charge >= 0.3 is 29.8 Å². The summed E-state index contributed by atoms with van der Waals surface area (Å²) in [7, 11) is 0. The Morgan fingerprint density at radius 3 is 1.18 bits per heavy atom. The van der Waals surface area contributed by atoms with Crippen LogP contribution in [0.2, 0.25) is 0 Å². The van der Waals surface area contributed by atoms with Crippen molar-refractivity contribution in [2.24, 2.45) is 0 Å². The quantitative estimate of drug-likeness (QED) is 0.0564. The Hall–Kier alpha value is -8.35. The average Bonchev–Trinajstić information content (AvgIpc) is 3.50. The van der Waals surface area contributed by atoms with Crippen LogP contribution in [0.15, 0.2) is 212 Å². The Bertz CT molecular complexity index is 2990. The van der Waals surface area contributed by atoms with Gasteiger partial charge in [-0.05, 0) is 71.8 Å². The largest absolute Gasteiger partial charge is 0.459 e. The maximum atomic E-state index is 14.5. The molecule has 2 fully saturated rings. The first kappa shape index (κ1) is 53.5. The van der Waals surface area contributed by atoms with E-state index < -0.39 is 97.9 Å². The summed E-state index contributed by atoms with van der Waals surface area (Å²) in [4.78, 5) is 70.7. The van der Waals surface area contributed by atoms with Gasteiger partial charge in [-0.2, -0.15) is 0 Å². The molecule has 1 N–H and O–H groups in total. The zero-order chi connectivity index (χ0) is 53.3. The highest BCUT2D eigenvalue weighted by atomic mass is 16.8. The summed E-state index contributed by atoms with van der Waals surface area (Å²) in [6, 6.07) is 58.4. The zero-order valence-corrected chi connectivity index (χ0v) is 41.4. The first-order chi connectivity index (χ1) is 37.7. The second-order valence-corrected chi connectivity index (χ2v) is 17.9. The van der Waals surface area contributed by atoms with Crippen molar-refractivity contribution >= 4 is 29.8 Å². The first-order valence-corrected chi connectivity index (χ1v) is 24.9. The van der Waals surface area contributed by atoms with E-state index in [9.17, 15) is 29.1 Å². The van der Waals surface area contributed by atoms with Gasteiger partial charge in [0.2, 0.25) is 0 Å². The molecule has 2 aliphatic heterocycles. The molecule has 10 atom stereocenters. The fourth-order valence-electron chi connectivity index (χ4n) is 8.70. The van der Waals surface area contributed by atoms with Gasteiger partial charge in [0, 0.05) is 0 Å². The van der Waals surface area contributed by atoms with Crippen LogP contribution in [0, 0.1) is 0 Å². The van der Waals surface area contributed by atoms with Crippen molar-refractivity contribution in [3.63, 3.8) is 0 Å². The van der Waals surface area contributed by atoms with Gasteiger partial charge in [0.15, 0.2) is 37.0 Å². The molecule has 77 heavy (non-hydrogen) atoms.